The molecule has 2 aromatic heterocycles. The van der Waals surface area contributed by atoms with E-state index >= 15 is 0 Å². The summed E-state index contributed by atoms with van der Waals surface area (Å²) in [5, 5.41) is 0.997. The molecule has 2 heterocycles. The van der Waals surface area contributed by atoms with Crippen molar-refractivity contribution in [2.24, 2.45) is 0 Å². The van der Waals surface area contributed by atoms with Crippen molar-refractivity contribution in [2.45, 2.75) is 0 Å². The molecular weight excluding hydrogens is 339 g/mol. The predicted molar refractivity (Wildman–Crippen MR) is 75.0 cm³/mol. The lowest BCUT2D eigenvalue weighted by Gasteiger charge is -2.01. The van der Waals surface area contributed by atoms with E-state index in [2.05, 4.69) is 25.9 Å². The third-order valence-electron chi connectivity index (χ3n) is 2.44. The SMILES string of the molecule is Clc1cccc(Cl)c1-c1nc2ccnc(Br)c2o1. The molecule has 0 bridgehead atoms. The first kappa shape index (κ1) is 12.0. The molecular formula is C12H5BrCl2N2O. The fourth-order valence-electron chi connectivity index (χ4n) is 1.63. The molecule has 3 nitrogen and oxygen atoms in total. The molecule has 6 heteroatoms. The van der Waals surface area contributed by atoms with Crippen molar-refractivity contribution < 1.29 is 4.42 Å². The Bertz CT molecular complexity index is 722. The van der Waals surface area contributed by atoms with Crippen molar-refractivity contribution in [1.82, 2.24) is 9.97 Å². The van der Waals surface area contributed by atoms with Crippen molar-refractivity contribution in [3.8, 4) is 11.5 Å². The van der Waals surface area contributed by atoms with Crippen molar-refractivity contribution in [3.63, 3.8) is 0 Å². The van der Waals surface area contributed by atoms with Crippen LogP contribution >= 0.6 is 39.1 Å². The first-order valence-corrected chi connectivity index (χ1v) is 6.57. The van der Waals surface area contributed by atoms with Gasteiger partial charge in [-0.1, -0.05) is 29.3 Å². The van der Waals surface area contributed by atoms with E-state index < -0.39 is 0 Å². The van der Waals surface area contributed by atoms with Gasteiger partial charge in [0.2, 0.25) is 5.89 Å². The summed E-state index contributed by atoms with van der Waals surface area (Å²) in [6.45, 7) is 0. The molecule has 90 valence electrons. The van der Waals surface area contributed by atoms with Gasteiger partial charge in [0.15, 0.2) is 10.2 Å². The van der Waals surface area contributed by atoms with E-state index in [-0.39, 0.29) is 0 Å². The lowest BCUT2D eigenvalue weighted by atomic mass is 10.2. The molecule has 0 saturated carbocycles. The fourth-order valence-corrected chi connectivity index (χ4v) is 2.60. The van der Waals surface area contributed by atoms with Crippen molar-refractivity contribution >= 4 is 50.2 Å². The summed E-state index contributed by atoms with van der Waals surface area (Å²) in [4.78, 5) is 8.44. The summed E-state index contributed by atoms with van der Waals surface area (Å²) in [5.41, 5.74) is 1.86. The van der Waals surface area contributed by atoms with Crippen LogP contribution in [-0.2, 0) is 0 Å². The number of aromatic nitrogens is 2. The van der Waals surface area contributed by atoms with Gasteiger partial charge in [0.05, 0.1) is 15.6 Å². The average molecular weight is 344 g/mol. The number of nitrogens with zero attached hydrogens (tertiary/aromatic N) is 2. The molecule has 0 aliphatic rings. The monoisotopic (exact) mass is 342 g/mol. The minimum Gasteiger partial charge on any atom is -0.433 e. The zero-order valence-electron chi connectivity index (χ0n) is 8.82. The van der Waals surface area contributed by atoms with Gasteiger partial charge in [-0.15, -0.1) is 0 Å². The summed E-state index contributed by atoms with van der Waals surface area (Å²) < 4.78 is 6.26. The zero-order chi connectivity index (χ0) is 12.7. The van der Waals surface area contributed by atoms with E-state index in [0.717, 1.165) is 0 Å². The van der Waals surface area contributed by atoms with E-state index in [4.69, 9.17) is 27.6 Å². The van der Waals surface area contributed by atoms with Crippen LogP contribution in [0.4, 0.5) is 0 Å². The van der Waals surface area contributed by atoms with Crippen LogP contribution in [0.25, 0.3) is 22.6 Å². The predicted octanol–water partition coefficient (Wildman–Crippen LogP) is 4.96. The Morgan fingerprint density at radius 1 is 1.11 bits per heavy atom. The van der Waals surface area contributed by atoms with Crippen LogP contribution in [0, 0.1) is 0 Å². The Hall–Kier alpha value is -1.10. The van der Waals surface area contributed by atoms with Gasteiger partial charge >= 0.3 is 0 Å². The Morgan fingerprint density at radius 2 is 1.83 bits per heavy atom. The molecule has 0 atom stereocenters. The quantitative estimate of drug-likeness (QED) is 0.586. The van der Waals surface area contributed by atoms with E-state index in [1.54, 1.807) is 30.5 Å². The highest BCUT2D eigenvalue weighted by molar-refractivity contribution is 9.10. The van der Waals surface area contributed by atoms with E-state index in [1.165, 1.54) is 0 Å². The Kier molecular flexibility index (Phi) is 3.01. The smallest absolute Gasteiger partial charge is 0.230 e. The number of hydrogen-bond donors (Lipinski definition) is 0. The second-order valence-electron chi connectivity index (χ2n) is 3.57. The van der Waals surface area contributed by atoms with Crippen LogP contribution in [0.3, 0.4) is 0 Å². The largest absolute Gasteiger partial charge is 0.433 e. The molecule has 3 rings (SSSR count). The maximum Gasteiger partial charge on any atom is 0.230 e. The number of rotatable bonds is 1. The van der Waals surface area contributed by atoms with Crippen LogP contribution in [0.5, 0.6) is 0 Å². The third-order valence-corrected chi connectivity index (χ3v) is 3.63. The van der Waals surface area contributed by atoms with Crippen LogP contribution in [-0.4, -0.2) is 9.97 Å². The second-order valence-corrected chi connectivity index (χ2v) is 5.13. The minimum absolute atomic E-state index is 0.384. The summed E-state index contributed by atoms with van der Waals surface area (Å²) in [6.07, 6.45) is 1.65. The zero-order valence-corrected chi connectivity index (χ0v) is 11.9. The molecule has 0 aliphatic carbocycles. The van der Waals surface area contributed by atoms with Gasteiger partial charge < -0.3 is 4.42 Å². The van der Waals surface area contributed by atoms with Gasteiger partial charge in [-0.25, -0.2) is 9.97 Å². The lowest BCUT2D eigenvalue weighted by Crippen LogP contribution is -1.80. The Labute approximate surface area is 121 Å². The molecule has 3 aromatic rings. The van der Waals surface area contributed by atoms with Crippen LogP contribution < -0.4 is 0 Å². The molecule has 0 fully saturated rings. The topological polar surface area (TPSA) is 38.9 Å². The van der Waals surface area contributed by atoms with Gasteiger partial charge in [-0.05, 0) is 34.1 Å². The average Bonchev–Trinajstić information content (AvgIpc) is 2.74. The van der Waals surface area contributed by atoms with Crippen LogP contribution in [0.1, 0.15) is 0 Å². The van der Waals surface area contributed by atoms with Crippen molar-refractivity contribution in [2.75, 3.05) is 0 Å². The maximum atomic E-state index is 6.12. The molecule has 0 N–H and O–H groups in total. The Morgan fingerprint density at radius 3 is 2.50 bits per heavy atom. The molecule has 0 amide bonds. The van der Waals surface area contributed by atoms with Gasteiger partial charge in [0.1, 0.15) is 5.52 Å². The summed E-state index contributed by atoms with van der Waals surface area (Å²) >= 11 is 15.5. The number of benzene rings is 1. The maximum absolute atomic E-state index is 6.12. The molecule has 0 unspecified atom stereocenters. The molecule has 0 saturated heterocycles. The highest BCUT2D eigenvalue weighted by Gasteiger charge is 2.16. The van der Waals surface area contributed by atoms with Gasteiger partial charge in [-0.2, -0.15) is 0 Å². The minimum atomic E-state index is 0.384. The lowest BCUT2D eigenvalue weighted by molar-refractivity contribution is 0.616. The molecule has 18 heavy (non-hydrogen) atoms. The number of pyridine rings is 1. The number of oxazole rings is 1. The van der Waals surface area contributed by atoms with E-state index in [0.29, 0.717) is 37.2 Å². The Balaban J connectivity index is 2.30. The van der Waals surface area contributed by atoms with Gasteiger partial charge in [-0.3, -0.25) is 0 Å². The molecule has 0 radical (unpaired) electrons. The standard InChI is InChI=1S/C12H5BrCl2N2O/c13-11-10-8(4-5-16-11)17-12(18-10)9-6(14)2-1-3-7(9)15/h1-5H. The number of hydrogen-bond acceptors (Lipinski definition) is 3. The summed E-state index contributed by atoms with van der Waals surface area (Å²) in [5.74, 6) is 0.384. The first-order chi connectivity index (χ1) is 8.66. The second kappa shape index (κ2) is 4.53. The summed E-state index contributed by atoms with van der Waals surface area (Å²) in [7, 11) is 0. The molecule has 0 spiro atoms. The highest BCUT2D eigenvalue weighted by Crippen LogP contribution is 2.36. The van der Waals surface area contributed by atoms with E-state index in [1.807, 2.05) is 0 Å². The number of halogens is 3. The molecule has 0 aliphatic heterocycles. The van der Waals surface area contributed by atoms with Crippen LogP contribution in [0.15, 0.2) is 39.5 Å². The summed E-state index contributed by atoms with van der Waals surface area (Å²) in [6, 6.07) is 7.02. The van der Waals surface area contributed by atoms with Crippen molar-refractivity contribution in [3.05, 3.63) is 45.1 Å². The van der Waals surface area contributed by atoms with Gasteiger partial charge in [0.25, 0.3) is 0 Å². The highest BCUT2D eigenvalue weighted by atomic mass is 79.9. The number of fused-ring (bicyclic) bond motifs is 1. The van der Waals surface area contributed by atoms with Crippen molar-refractivity contribution in [1.29, 1.82) is 0 Å². The molecule has 1 aromatic carbocycles. The fraction of sp³-hybridized carbons (Fsp3) is 0. The normalized spacial score (nSPS) is 11.1. The van der Waals surface area contributed by atoms with Crippen LogP contribution in [0.2, 0.25) is 10.0 Å². The van der Waals surface area contributed by atoms with E-state index in [9.17, 15) is 0 Å². The first-order valence-electron chi connectivity index (χ1n) is 5.02. The third kappa shape index (κ3) is 1.90. The van der Waals surface area contributed by atoms with Gasteiger partial charge in [0, 0.05) is 6.20 Å².